The quantitative estimate of drug-likeness (QED) is 0.258. The van der Waals surface area contributed by atoms with Crippen molar-refractivity contribution in [2.45, 2.75) is 27.2 Å². The second-order valence-corrected chi connectivity index (χ2v) is 6.04. The maximum absolute atomic E-state index is 13.5. The molecule has 10 heteroatoms. The van der Waals surface area contributed by atoms with Crippen LogP contribution in [0.25, 0.3) is 0 Å². The van der Waals surface area contributed by atoms with Crippen LogP contribution in [-0.2, 0) is 4.79 Å². The number of carbonyl (C=O) groups excluding carboxylic acids is 1. The molecule has 0 saturated carbocycles. The third-order valence-corrected chi connectivity index (χ3v) is 4.18. The van der Waals surface area contributed by atoms with Crippen molar-refractivity contribution in [3.8, 4) is 0 Å². The normalized spacial score (nSPS) is 13.3. The first-order chi connectivity index (χ1) is 12.2. The monoisotopic (exact) mass is 428 g/mol. The number of halogens is 2. The van der Waals surface area contributed by atoms with Crippen molar-refractivity contribution < 1.29 is 19.3 Å². The Labute approximate surface area is 158 Å². The standard InChI is InChI=1S/C16H18BrFN4O4/c1-5-9(2)14(16(20-24)22(25)26)15(19-4)21(10(3)23)11-6-7-13(18)12(17)8-11/h6-8,24H,5H2,1-4H3/b14-9-,19-15?,20-16+. The minimum absolute atomic E-state index is 0.0835. The van der Waals surface area contributed by atoms with E-state index in [-0.39, 0.29) is 21.6 Å². The van der Waals surface area contributed by atoms with Crippen LogP contribution >= 0.6 is 15.9 Å². The number of aliphatic imine (C=N–C) groups is 1. The van der Waals surface area contributed by atoms with Gasteiger partial charge >= 0.3 is 5.84 Å². The van der Waals surface area contributed by atoms with Gasteiger partial charge in [0.15, 0.2) is 11.0 Å². The summed E-state index contributed by atoms with van der Waals surface area (Å²) in [5.41, 5.74) is 0.647. The highest BCUT2D eigenvalue weighted by Crippen LogP contribution is 2.26. The molecule has 0 bridgehead atoms. The van der Waals surface area contributed by atoms with E-state index in [1.54, 1.807) is 13.8 Å². The molecule has 8 nitrogen and oxygen atoms in total. The van der Waals surface area contributed by atoms with Crippen LogP contribution in [0.3, 0.4) is 0 Å². The zero-order valence-corrected chi connectivity index (χ0v) is 16.2. The molecule has 26 heavy (non-hydrogen) atoms. The Morgan fingerprint density at radius 2 is 2.04 bits per heavy atom. The van der Waals surface area contributed by atoms with Crippen LogP contribution in [0.2, 0.25) is 0 Å². The number of hydrogen-bond donors (Lipinski definition) is 1. The van der Waals surface area contributed by atoms with Crippen LogP contribution in [0.1, 0.15) is 27.2 Å². The van der Waals surface area contributed by atoms with Gasteiger partial charge in [0.2, 0.25) is 5.91 Å². The number of allylic oxidation sites excluding steroid dienone is 1. The molecule has 0 aliphatic rings. The Morgan fingerprint density at radius 1 is 1.42 bits per heavy atom. The molecule has 1 aromatic carbocycles. The van der Waals surface area contributed by atoms with Gasteiger partial charge in [0.25, 0.3) is 0 Å². The van der Waals surface area contributed by atoms with Gasteiger partial charge in [-0.1, -0.05) is 12.5 Å². The third kappa shape index (κ3) is 4.51. The molecule has 140 valence electrons. The number of nitrogens with zero attached hydrogens (tertiary/aromatic N) is 4. The first-order valence-electron chi connectivity index (χ1n) is 7.48. The van der Waals surface area contributed by atoms with Crippen molar-refractivity contribution in [1.82, 2.24) is 0 Å². The van der Waals surface area contributed by atoms with E-state index in [0.717, 1.165) is 11.0 Å². The largest absolute Gasteiger partial charge is 0.420 e. The van der Waals surface area contributed by atoms with E-state index in [1.807, 2.05) is 0 Å². The molecular formula is C16H18BrFN4O4. The predicted molar refractivity (Wildman–Crippen MR) is 99.8 cm³/mol. The molecule has 0 aromatic heterocycles. The smallest absolute Gasteiger partial charge is 0.358 e. The number of amides is 1. The molecule has 1 N–H and O–H groups in total. The number of oxime groups is 1. The summed E-state index contributed by atoms with van der Waals surface area (Å²) in [6.45, 7) is 4.60. The highest BCUT2D eigenvalue weighted by Gasteiger charge is 2.33. The van der Waals surface area contributed by atoms with Crippen LogP contribution in [0.15, 0.2) is 44.0 Å². The number of hydrogen-bond acceptors (Lipinski definition) is 6. The van der Waals surface area contributed by atoms with Crippen molar-refractivity contribution in [3.63, 3.8) is 0 Å². The second kappa shape index (κ2) is 9.18. The van der Waals surface area contributed by atoms with Gasteiger partial charge < -0.3 is 15.3 Å². The van der Waals surface area contributed by atoms with Gasteiger partial charge in [-0.05, 0) is 52.4 Å². The fraction of sp³-hybridized carbons (Fsp3) is 0.312. The average molecular weight is 429 g/mol. The summed E-state index contributed by atoms with van der Waals surface area (Å²) >= 11 is 3.04. The third-order valence-electron chi connectivity index (χ3n) is 3.57. The molecule has 0 fully saturated rings. The minimum Gasteiger partial charge on any atom is -0.358 e. The summed E-state index contributed by atoms with van der Waals surface area (Å²) in [6.07, 6.45) is 0.389. The summed E-state index contributed by atoms with van der Waals surface area (Å²) in [4.78, 5) is 27.8. The van der Waals surface area contributed by atoms with Crippen LogP contribution in [0, 0.1) is 15.9 Å². The summed E-state index contributed by atoms with van der Waals surface area (Å²) < 4.78 is 13.7. The molecule has 1 amide bonds. The zero-order valence-electron chi connectivity index (χ0n) is 14.7. The Hall–Kier alpha value is -2.62. The fourth-order valence-electron chi connectivity index (χ4n) is 2.24. The van der Waals surface area contributed by atoms with Crippen LogP contribution < -0.4 is 4.90 Å². The van der Waals surface area contributed by atoms with E-state index in [0.29, 0.717) is 12.0 Å². The summed E-state index contributed by atoms with van der Waals surface area (Å²) in [5.74, 6) is -1.96. The van der Waals surface area contributed by atoms with Crippen molar-refractivity contribution in [1.29, 1.82) is 0 Å². The molecular weight excluding hydrogens is 411 g/mol. The highest BCUT2D eigenvalue weighted by atomic mass is 79.9. The lowest BCUT2D eigenvalue weighted by Crippen LogP contribution is -2.40. The molecule has 0 atom stereocenters. The molecule has 1 rings (SSSR count). The summed E-state index contributed by atoms with van der Waals surface area (Å²) in [7, 11) is 1.35. The lowest BCUT2D eigenvalue weighted by atomic mass is 10.0. The number of rotatable bonds is 4. The van der Waals surface area contributed by atoms with Gasteiger partial charge in [-0.15, -0.1) is 0 Å². The highest BCUT2D eigenvalue weighted by molar-refractivity contribution is 9.10. The van der Waals surface area contributed by atoms with E-state index in [2.05, 4.69) is 26.1 Å². The maximum atomic E-state index is 13.5. The molecule has 0 saturated heterocycles. The van der Waals surface area contributed by atoms with E-state index in [9.17, 15) is 19.3 Å². The van der Waals surface area contributed by atoms with E-state index >= 15 is 0 Å². The summed E-state index contributed by atoms with van der Waals surface area (Å²) in [5, 5.41) is 23.2. The number of carbonyl (C=O) groups is 1. The fourth-order valence-corrected chi connectivity index (χ4v) is 2.60. The lowest BCUT2D eigenvalue weighted by Gasteiger charge is -2.24. The Bertz CT molecular complexity index is 820. The van der Waals surface area contributed by atoms with Gasteiger partial charge in [-0.3, -0.25) is 14.7 Å². The molecule has 0 radical (unpaired) electrons. The minimum atomic E-state index is -0.863. The van der Waals surface area contributed by atoms with E-state index < -0.39 is 22.5 Å². The molecule has 0 aliphatic carbocycles. The Kier molecular flexibility index (Phi) is 7.56. The van der Waals surface area contributed by atoms with Gasteiger partial charge in [0.05, 0.1) is 10.2 Å². The second-order valence-electron chi connectivity index (χ2n) is 5.19. The van der Waals surface area contributed by atoms with Crippen LogP contribution in [-0.4, -0.2) is 34.8 Å². The molecule has 1 aromatic rings. The van der Waals surface area contributed by atoms with Gasteiger partial charge in [0.1, 0.15) is 11.4 Å². The Balaban J connectivity index is 3.72. The first kappa shape index (κ1) is 21.4. The maximum Gasteiger partial charge on any atom is 0.420 e. The van der Waals surface area contributed by atoms with Crippen molar-refractivity contribution in [2.24, 2.45) is 10.1 Å². The lowest BCUT2D eigenvalue weighted by molar-refractivity contribution is -0.351. The Morgan fingerprint density at radius 3 is 2.42 bits per heavy atom. The number of anilines is 1. The van der Waals surface area contributed by atoms with Crippen LogP contribution in [0.4, 0.5) is 10.1 Å². The molecule has 0 unspecified atom stereocenters. The molecule has 0 aliphatic heterocycles. The van der Waals surface area contributed by atoms with Gasteiger partial charge in [0, 0.05) is 14.0 Å². The first-order valence-corrected chi connectivity index (χ1v) is 8.28. The van der Waals surface area contributed by atoms with Crippen molar-refractivity contribution >= 4 is 39.2 Å². The molecule has 0 heterocycles. The SMILES string of the molecule is CC/C(C)=C(C(=NC)N(C(C)=O)c1ccc(F)c(Br)c1)\C(=N/O)[N+](=O)[O-]. The average Bonchev–Trinajstić information content (AvgIpc) is 2.59. The van der Waals surface area contributed by atoms with E-state index in [1.165, 1.54) is 26.1 Å². The number of nitro groups is 1. The van der Waals surface area contributed by atoms with Gasteiger partial charge in [-0.25, -0.2) is 4.39 Å². The predicted octanol–water partition coefficient (Wildman–Crippen LogP) is 3.76. The van der Waals surface area contributed by atoms with Crippen molar-refractivity contribution in [2.75, 3.05) is 11.9 Å². The molecule has 0 spiro atoms. The number of benzene rings is 1. The zero-order chi connectivity index (χ0) is 20.0. The topological polar surface area (TPSA) is 108 Å². The number of amidine groups is 2. The van der Waals surface area contributed by atoms with Crippen LogP contribution in [0.5, 0.6) is 0 Å². The summed E-state index contributed by atoms with van der Waals surface area (Å²) in [6, 6.07) is 3.84. The van der Waals surface area contributed by atoms with Gasteiger partial charge in [-0.2, -0.15) is 0 Å². The van der Waals surface area contributed by atoms with Crippen molar-refractivity contribution in [3.05, 3.63) is 49.7 Å². The van der Waals surface area contributed by atoms with E-state index in [4.69, 9.17) is 5.21 Å².